The largest absolute Gasteiger partial charge is 0.497 e. The minimum absolute atomic E-state index is 0.0544. The molecule has 1 unspecified atom stereocenters. The highest BCUT2D eigenvalue weighted by Crippen LogP contribution is 2.21. The highest BCUT2D eigenvalue weighted by atomic mass is 16.5. The molecule has 9 heteroatoms. The summed E-state index contributed by atoms with van der Waals surface area (Å²) in [5.41, 5.74) is 1.61. The number of carbonyl (C=O) groups is 1. The summed E-state index contributed by atoms with van der Waals surface area (Å²) in [6, 6.07) is 7.61. The van der Waals surface area contributed by atoms with Crippen molar-refractivity contribution in [3.05, 3.63) is 54.3 Å². The van der Waals surface area contributed by atoms with Crippen LogP contribution in [0.25, 0.3) is 11.5 Å². The molecule has 4 rings (SSSR count). The van der Waals surface area contributed by atoms with Gasteiger partial charge in [0.1, 0.15) is 11.4 Å². The van der Waals surface area contributed by atoms with Gasteiger partial charge in [-0.2, -0.15) is 4.98 Å². The fraction of sp³-hybridized carbons (Fsp3) is 0.381. The average Bonchev–Trinajstić information content (AvgIpc) is 3.27. The number of piperidine rings is 1. The van der Waals surface area contributed by atoms with Crippen molar-refractivity contribution in [3.8, 4) is 17.3 Å². The Morgan fingerprint density at radius 2 is 2.17 bits per heavy atom. The van der Waals surface area contributed by atoms with E-state index in [0.717, 1.165) is 30.7 Å². The van der Waals surface area contributed by atoms with E-state index in [1.54, 1.807) is 25.7 Å². The maximum absolute atomic E-state index is 12.6. The molecular formula is C21H24N6O3. The van der Waals surface area contributed by atoms with E-state index in [1.165, 1.54) is 0 Å². The third kappa shape index (κ3) is 4.91. The number of aromatic nitrogens is 4. The lowest BCUT2D eigenvalue weighted by Gasteiger charge is -2.32. The molecule has 3 heterocycles. The van der Waals surface area contributed by atoms with Crippen LogP contribution in [0.2, 0.25) is 0 Å². The Morgan fingerprint density at radius 1 is 1.30 bits per heavy atom. The van der Waals surface area contributed by atoms with Crippen molar-refractivity contribution in [2.45, 2.75) is 25.8 Å². The van der Waals surface area contributed by atoms with Gasteiger partial charge in [-0.1, -0.05) is 17.3 Å². The molecule has 0 bridgehead atoms. The van der Waals surface area contributed by atoms with E-state index < -0.39 is 0 Å². The maximum atomic E-state index is 12.6. The van der Waals surface area contributed by atoms with Gasteiger partial charge in [0.15, 0.2) is 0 Å². The zero-order valence-corrected chi connectivity index (χ0v) is 16.8. The van der Waals surface area contributed by atoms with Crippen molar-refractivity contribution >= 4 is 6.03 Å². The van der Waals surface area contributed by atoms with E-state index >= 15 is 0 Å². The lowest BCUT2D eigenvalue weighted by molar-refractivity contribution is 0.161. The maximum Gasteiger partial charge on any atom is 0.317 e. The molecule has 156 valence electrons. The molecule has 1 atom stereocenters. The molecule has 3 aromatic rings. The van der Waals surface area contributed by atoms with E-state index in [9.17, 15) is 4.79 Å². The van der Waals surface area contributed by atoms with E-state index in [1.807, 2.05) is 29.2 Å². The Bertz CT molecular complexity index is 960. The molecule has 1 aliphatic heterocycles. The van der Waals surface area contributed by atoms with Crippen molar-refractivity contribution in [2.75, 3.05) is 20.2 Å². The predicted octanol–water partition coefficient (Wildman–Crippen LogP) is 2.70. The van der Waals surface area contributed by atoms with Gasteiger partial charge >= 0.3 is 6.03 Å². The number of nitrogens with one attached hydrogen (secondary N) is 1. The van der Waals surface area contributed by atoms with Gasteiger partial charge in [0.25, 0.3) is 0 Å². The number of rotatable bonds is 6. The first-order chi connectivity index (χ1) is 14.7. The third-order valence-electron chi connectivity index (χ3n) is 5.13. The molecule has 30 heavy (non-hydrogen) atoms. The number of hydrogen-bond donors (Lipinski definition) is 1. The standard InChI is InChI=1S/C21H24N6O3/c1-29-17-6-4-15(5-7-17)12-24-21(28)27-10-2-3-16(14-27)11-19-25-20(26-30-19)18-13-22-8-9-23-18/h4-9,13,16H,2-3,10-12,14H2,1H3,(H,24,28). The summed E-state index contributed by atoms with van der Waals surface area (Å²) in [4.78, 5) is 27.1. The molecule has 1 N–H and O–H groups in total. The van der Waals surface area contributed by atoms with Gasteiger partial charge in [0, 0.05) is 38.4 Å². The fourth-order valence-corrected chi connectivity index (χ4v) is 3.55. The second-order valence-electron chi connectivity index (χ2n) is 7.27. The number of urea groups is 1. The molecule has 2 aromatic heterocycles. The number of nitrogens with zero attached hydrogens (tertiary/aromatic N) is 5. The predicted molar refractivity (Wildman–Crippen MR) is 109 cm³/mol. The van der Waals surface area contributed by atoms with Crippen LogP contribution in [0, 0.1) is 5.92 Å². The quantitative estimate of drug-likeness (QED) is 0.668. The van der Waals surface area contributed by atoms with Gasteiger partial charge in [0.05, 0.1) is 13.3 Å². The molecule has 1 aliphatic rings. The Balaban J connectivity index is 1.29. The summed E-state index contributed by atoms with van der Waals surface area (Å²) in [6.07, 6.45) is 7.40. The highest BCUT2D eigenvalue weighted by Gasteiger charge is 2.25. The van der Waals surface area contributed by atoms with E-state index in [4.69, 9.17) is 9.26 Å². The van der Waals surface area contributed by atoms with Gasteiger partial charge in [-0.05, 0) is 36.5 Å². The molecule has 0 aliphatic carbocycles. The monoisotopic (exact) mass is 408 g/mol. The van der Waals surface area contributed by atoms with Crippen molar-refractivity contribution in [2.24, 2.45) is 5.92 Å². The molecule has 0 saturated carbocycles. The van der Waals surface area contributed by atoms with Crippen LogP contribution in [0.5, 0.6) is 5.75 Å². The molecule has 0 spiro atoms. The van der Waals surface area contributed by atoms with Gasteiger partial charge in [-0.3, -0.25) is 4.98 Å². The molecule has 0 radical (unpaired) electrons. The van der Waals surface area contributed by atoms with Crippen LogP contribution in [0.1, 0.15) is 24.3 Å². The second kappa shape index (κ2) is 9.34. The number of methoxy groups -OCH3 is 1. The SMILES string of the molecule is COc1ccc(CNC(=O)N2CCCC(Cc3nc(-c4cnccn4)no3)C2)cc1. The third-order valence-corrected chi connectivity index (χ3v) is 5.13. The van der Waals surface area contributed by atoms with Gasteiger partial charge < -0.3 is 19.5 Å². The van der Waals surface area contributed by atoms with Crippen LogP contribution in [-0.4, -0.2) is 51.2 Å². The van der Waals surface area contributed by atoms with Gasteiger partial charge in [0.2, 0.25) is 11.7 Å². The van der Waals surface area contributed by atoms with Crippen LogP contribution < -0.4 is 10.1 Å². The highest BCUT2D eigenvalue weighted by molar-refractivity contribution is 5.74. The summed E-state index contributed by atoms with van der Waals surface area (Å²) >= 11 is 0. The average molecular weight is 408 g/mol. The van der Waals surface area contributed by atoms with Crippen LogP contribution in [0.4, 0.5) is 4.79 Å². The summed E-state index contributed by atoms with van der Waals surface area (Å²) in [5, 5.41) is 6.99. The number of carbonyl (C=O) groups excluding carboxylic acids is 1. The number of ether oxygens (including phenoxy) is 1. The van der Waals surface area contributed by atoms with Crippen molar-refractivity contribution in [1.29, 1.82) is 0 Å². The molecule has 9 nitrogen and oxygen atoms in total. The number of amides is 2. The van der Waals surface area contributed by atoms with E-state index in [0.29, 0.717) is 36.9 Å². The lowest BCUT2D eigenvalue weighted by atomic mass is 9.95. The minimum atomic E-state index is -0.0544. The summed E-state index contributed by atoms with van der Waals surface area (Å²) in [6.45, 7) is 1.89. The Morgan fingerprint density at radius 3 is 2.93 bits per heavy atom. The van der Waals surface area contributed by atoms with Crippen LogP contribution in [-0.2, 0) is 13.0 Å². The number of likely N-dealkylation sites (tertiary alicyclic amines) is 1. The zero-order valence-electron chi connectivity index (χ0n) is 16.8. The van der Waals surface area contributed by atoms with Gasteiger partial charge in [-0.25, -0.2) is 9.78 Å². The molecule has 1 fully saturated rings. The van der Waals surface area contributed by atoms with Gasteiger partial charge in [-0.15, -0.1) is 0 Å². The van der Waals surface area contributed by atoms with E-state index in [2.05, 4.69) is 25.4 Å². The molecule has 2 amide bonds. The Kier molecular flexibility index (Phi) is 6.17. The van der Waals surface area contributed by atoms with Crippen LogP contribution >= 0.6 is 0 Å². The van der Waals surface area contributed by atoms with Crippen molar-refractivity contribution < 1.29 is 14.1 Å². The second-order valence-corrected chi connectivity index (χ2v) is 7.27. The minimum Gasteiger partial charge on any atom is -0.497 e. The molecule has 1 aromatic carbocycles. The number of hydrogen-bond acceptors (Lipinski definition) is 7. The lowest BCUT2D eigenvalue weighted by Crippen LogP contribution is -2.45. The summed E-state index contributed by atoms with van der Waals surface area (Å²) in [5.74, 6) is 2.07. The summed E-state index contributed by atoms with van der Waals surface area (Å²) in [7, 11) is 1.63. The van der Waals surface area contributed by atoms with Crippen LogP contribution in [0.3, 0.4) is 0 Å². The Labute approximate surface area is 174 Å². The first-order valence-corrected chi connectivity index (χ1v) is 9.96. The zero-order chi connectivity index (χ0) is 20.8. The first kappa shape index (κ1) is 19.8. The van der Waals surface area contributed by atoms with E-state index in [-0.39, 0.29) is 11.9 Å². The smallest absolute Gasteiger partial charge is 0.317 e. The van der Waals surface area contributed by atoms with Crippen LogP contribution in [0.15, 0.2) is 47.4 Å². The fourth-order valence-electron chi connectivity index (χ4n) is 3.55. The molecular weight excluding hydrogens is 384 g/mol. The first-order valence-electron chi connectivity index (χ1n) is 9.96. The number of benzene rings is 1. The summed E-state index contributed by atoms with van der Waals surface area (Å²) < 4.78 is 10.5. The Hall–Kier alpha value is -3.49. The topological polar surface area (TPSA) is 106 Å². The molecule has 1 saturated heterocycles. The normalized spacial score (nSPS) is 16.3. The van der Waals surface area contributed by atoms with Crippen molar-refractivity contribution in [3.63, 3.8) is 0 Å². The van der Waals surface area contributed by atoms with Crippen molar-refractivity contribution in [1.82, 2.24) is 30.3 Å².